The maximum absolute atomic E-state index is 13.3. The Hall–Kier alpha value is -2.99. The Morgan fingerprint density at radius 2 is 1.88 bits per heavy atom. The van der Waals surface area contributed by atoms with Crippen LogP contribution >= 0.6 is 0 Å². The Balaban J connectivity index is 1.79. The molecule has 1 aliphatic rings. The van der Waals surface area contributed by atoms with E-state index in [1.54, 1.807) is 0 Å². The second-order valence-electron chi connectivity index (χ2n) is 7.72. The van der Waals surface area contributed by atoms with Crippen molar-refractivity contribution in [3.05, 3.63) is 63.1 Å². The van der Waals surface area contributed by atoms with E-state index in [-0.39, 0.29) is 17.7 Å². The van der Waals surface area contributed by atoms with E-state index in [9.17, 15) is 24.9 Å². The van der Waals surface area contributed by atoms with Crippen molar-refractivity contribution in [2.75, 3.05) is 6.61 Å². The Labute approximate surface area is 182 Å². The van der Waals surface area contributed by atoms with E-state index < -0.39 is 42.5 Å². The third-order valence-electron chi connectivity index (χ3n) is 5.52. The topological polar surface area (TPSA) is 141 Å². The highest BCUT2D eigenvalue weighted by Crippen LogP contribution is 2.21. The van der Waals surface area contributed by atoms with Gasteiger partial charge in [-0.05, 0) is 12.0 Å². The fraction of sp³-hybridized carbons (Fsp3) is 0.476. The van der Waals surface area contributed by atoms with Crippen LogP contribution in [-0.4, -0.2) is 65.4 Å². The predicted molar refractivity (Wildman–Crippen MR) is 113 cm³/mol. The molecule has 11 nitrogen and oxygen atoms in total. The van der Waals surface area contributed by atoms with Crippen LogP contribution < -0.4 is 16.1 Å². The molecular formula is C21H26N4O7. The first-order chi connectivity index (χ1) is 15.5. The van der Waals surface area contributed by atoms with Gasteiger partial charge in [0.25, 0.3) is 11.8 Å². The molecule has 0 unspecified atom stereocenters. The highest BCUT2D eigenvalue weighted by molar-refractivity contribution is 5.69. The molecule has 32 heavy (non-hydrogen) atoms. The molecule has 1 aromatic carbocycles. The van der Waals surface area contributed by atoms with Gasteiger partial charge in [-0.2, -0.15) is 4.73 Å². The van der Waals surface area contributed by atoms with E-state index in [0.717, 1.165) is 21.3 Å². The maximum atomic E-state index is 13.3. The van der Waals surface area contributed by atoms with Crippen LogP contribution in [0.2, 0.25) is 0 Å². The lowest BCUT2D eigenvalue weighted by Gasteiger charge is -2.17. The fourth-order valence-corrected chi connectivity index (χ4v) is 3.73. The minimum Gasteiger partial charge on any atom is -0.394 e. The quantitative estimate of drug-likeness (QED) is 0.403. The average molecular weight is 446 g/mol. The SMILES string of the molecule is CCCCn1c(=O)n(Cc2ccccc2)c(=O)c2c1ncn2O[C@@H]1O[C@H](CO)[C@@H](O)[C@H]1O. The van der Waals surface area contributed by atoms with Crippen LogP contribution in [0, 0.1) is 0 Å². The smallest absolute Gasteiger partial charge is 0.333 e. The molecule has 0 radical (unpaired) electrons. The molecule has 0 spiro atoms. The number of imidazole rings is 1. The van der Waals surface area contributed by atoms with Crippen LogP contribution in [-0.2, 0) is 17.8 Å². The number of ether oxygens (including phenoxy) is 1. The first-order valence-corrected chi connectivity index (χ1v) is 10.5. The van der Waals surface area contributed by atoms with E-state index in [1.165, 1.54) is 10.9 Å². The zero-order chi connectivity index (χ0) is 22.8. The molecule has 11 heteroatoms. The van der Waals surface area contributed by atoms with Gasteiger partial charge in [0.2, 0.25) is 0 Å². The van der Waals surface area contributed by atoms with E-state index in [2.05, 4.69) is 4.98 Å². The number of unbranched alkanes of at least 4 members (excludes halogenated alkanes) is 1. The summed E-state index contributed by atoms with van der Waals surface area (Å²) in [6.45, 7) is 1.92. The summed E-state index contributed by atoms with van der Waals surface area (Å²) in [5.74, 6) is 0. The molecule has 0 bridgehead atoms. The number of hydrogen-bond acceptors (Lipinski definition) is 8. The minimum absolute atomic E-state index is 0.00868. The summed E-state index contributed by atoms with van der Waals surface area (Å²) in [5, 5.41) is 29.4. The summed E-state index contributed by atoms with van der Waals surface area (Å²) in [6.07, 6.45) is -2.39. The average Bonchev–Trinajstić information content (AvgIpc) is 3.33. The number of hydrogen-bond donors (Lipinski definition) is 3. The highest BCUT2D eigenvalue weighted by atomic mass is 16.8. The molecule has 4 rings (SSSR count). The van der Waals surface area contributed by atoms with Gasteiger partial charge >= 0.3 is 5.69 Å². The molecule has 1 aliphatic heterocycles. The number of aryl methyl sites for hydroxylation is 1. The predicted octanol–water partition coefficient (Wildman–Crippen LogP) is -0.924. The summed E-state index contributed by atoms with van der Waals surface area (Å²) >= 11 is 0. The first-order valence-electron chi connectivity index (χ1n) is 10.5. The van der Waals surface area contributed by atoms with Crippen molar-refractivity contribution in [2.24, 2.45) is 0 Å². The Morgan fingerprint density at radius 1 is 1.12 bits per heavy atom. The zero-order valence-corrected chi connectivity index (χ0v) is 17.6. The van der Waals surface area contributed by atoms with Crippen LogP contribution in [0.3, 0.4) is 0 Å². The standard InChI is InChI=1S/C21H26N4O7/c1-2-3-9-23-18-15(19(29)24(21(23)30)10-13-7-5-4-6-8-13)25(12-22-18)32-20-17(28)16(27)14(11-26)31-20/h4-8,12,14,16-17,20,26-28H,2-3,9-11H2,1H3/t14-,16-,17-,20+/m1/s1. The lowest BCUT2D eigenvalue weighted by Crippen LogP contribution is -2.42. The van der Waals surface area contributed by atoms with Gasteiger partial charge in [0.15, 0.2) is 11.2 Å². The molecule has 1 fully saturated rings. The number of aliphatic hydroxyl groups is 3. The molecule has 0 amide bonds. The molecular weight excluding hydrogens is 420 g/mol. The normalized spacial score (nSPS) is 23.1. The third-order valence-corrected chi connectivity index (χ3v) is 5.52. The Morgan fingerprint density at radius 3 is 2.53 bits per heavy atom. The van der Waals surface area contributed by atoms with E-state index in [1.807, 2.05) is 37.3 Å². The van der Waals surface area contributed by atoms with Gasteiger partial charge in [-0.3, -0.25) is 13.9 Å². The summed E-state index contributed by atoms with van der Waals surface area (Å²) in [6, 6.07) is 9.13. The van der Waals surface area contributed by atoms with Gasteiger partial charge < -0.3 is 24.9 Å². The van der Waals surface area contributed by atoms with Gasteiger partial charge in [0, 0.05) is 6.54 Å². The number of fused-ring (bicyclic) bond motifs is 1. The number of aromatic nitrogens is 4. The summed E-state index contributed by atoms with van der Waals surface area (Å²) in [5.41, 5.74) is -0.133. The summed E-state index contributed by atoms with van der Waals surface area (Å²) < 4.78 is 8.93. The van der Waals surface area contributed by atoms with E-state index in [0.29, 0.717) is 13.0 Å². The first kappa shape index (κ1) is 22.2. The molecule has 0 saturated carbocycles. The van der Waals surface area contributed by atoms with Crippen LogP contribution in [0.4, 0.5) is 0 Å². The van der Waals surface area contributed by atoms with Crippen LogP contribution in [0.1, 0.15) is 25.3 Å². The van der Waals surface area contributed by atoms with Crippen molar-refractivity contribution in [1.29, 1.82) is 0 Å². The van der Waals surface area contributed by atoms with Gasteiger partial charge in [-0.1, -0.05) is 43.7 Å². The molecule has 3 aromatic rings. The molecule has 1 saturated heterocycles. The van der Waals surface area contributed by atoms with Crippen molar-refractivity contribution in [3.63, 3.8) is 0 Å². The van der Waals surface area contributed by atoms with Crippen LogP contribution in [0.25, 0.3) is 11.2 Å². The summed E-state index contributed by atoms with van der Waals surface area (Å²) in [4.78, 5) is 36.3. The molecule has 4 atom stereocenters. The molecule has 3 N–H and O–H groups in total. The van der Waals surface area contributed by atoms with Crippen LogP contribution in [0.15, 0.2) is 46.2 Å². The zero-order valence-electron chi connectivity index (χ0n) is 17.6. The molecule has 2 aromatic heterocycles. The number of aliphatic hydroxyl groups excluding tert-OH is 3. The minimum atomic E-state index is -1.44. The van der Waals surface area contributed by atoms with Crippen molar-refractivity contribution >= 4 is 11.2 Å². The second kappa shape index (κ2) is 9.25. The Kier molecular flexibility index (Phi) is 6.42. The van der Waals surface area contributed by atoms with Crippen molar-refractivity contribution in [1.82, 2.24) is 18.8 Å². The van der Waals surface area contributed by atoms with Crippen molar-refractivity contribution in [3.8, 4) is 0 Å². The van der Waals surface area contributed by atoms with Gasteiger partial charge in [0.1, 0.15) is 24.6 Å². The van der Waals surface area contributed by atoms with Gasteiger partial charge in [-0.25, -0.2) is 9.78 Å². The molecule has 172 valence electrons. The monoisotopic (exact) mass is 446 g/mol. The number of benzene rings is 1. The lowest BCUT2D eigenvalue weighted by molar-refractivity contribution is -0.168. The van der Waals surface area contributed by atoms with Crippen LogP contribution in [0.5, 0.6) is 0 Å². The van der Waals surface area contributed by atoms with Crippen molar-refractivity contribution in [2.45, 2.75) is 57.5 Å². The lowest BCUT2D eigenvalue weighted by atomic mass is 10.1. The molecule has 3 heterocycles. The van der Waals surface area contributed by atoms with E-state index >= 15 is 0 Å². The largest absolute Gasteiger partial charge is 0.394 e. The van der Waals surface area contributed by atoms with Gasteiger partial charge in [-0.15, -0.1) is 0 Å². The molecule has 0 aliphatic carbocycles. The number of rotatable bonds is 8. The third kappa shape index (κ3) is 3.95. The Bertz CT molecular complexity index is 1190. The highest BCUT2D eigenvalue weighted by Gasteiger charge is 2.44. The van der Waals surface area contributed by atoms with Gasteiger partial charge in [0.05, 0.1) is 13.2 Å². The summed E-state index contributed by atoms with van der Waals surface area (Å²) in [7, 11) is 0. The fourth-order valence-electron chi connectivity index (χ4n) is 3.73. The van der Waals surface area contributed by atoms with E-state index in [4.69, 9.17) is 9.57 Å². The van der Waals surface area contributed by atoms with Crippen molar-refractivity contribution < 1.29 is 24.9 Å². The maximum Gasteiger partial charge on any atom is 0.333 e. The number of nitrogens with zero attached hydrogens (tertiary/aromatic N) is 4. The second-order valence-corrected chi connectivity index (χ2v) is 7.72.